The number of thiocarbonyl (C=S) groups is 1. The molecule has 1 aromatic heterocycles. The lowest BCUT2D eigenvalue weighted by Gasteiger charge is -2.13. The third-order valence-corrected chi connectivity index (χ3v) is 3.89. The second kappa shape index (κ2) is 6.10. The number of carbonyl (C=O) groups excluding carboxylic acids is 1. The van der Waals surface area contributed by atoms with Gasteiger partial charge >= 0.3 is 0 Å². The number of amides is 1. The van der Waals surface area contributed by atoms with E-state index in [1.54, 1.807) is 17.0 Å². The van der Waals surface area contributed by atoms with Crippen LogP contribution in [0.25, 0.3) is 6.08 Å². The Balaban J connectivity index is 1.92. The van der Waals surface area contributed by atoms with Crippen LogP contribution in [0.2, 0.25) is 5.02 Å². The van der Waals surface area contributed by atoms with Crippen molar-refractivity contribution < 1.29 is 9.18 Å². The van der Waals surface area contributed by atoms with E-state index in [-0.39, 0.29) is 22.5 Å². The lowest BCUT2D eigenvalue weighted by Crippen LogP contribution is -2.30. The van der Waals surface area contributed by atoms with Crippen LogP contribution in [0.4, 0.5) is 10.1 Å². The monoisotopic (exact) mass is 350 g/mol. The van der Waals surface area contributed by atoms with Crippen molar-refractivity contribution in [3.05, 3.63) is 52.7 Å². The summed E-state index contributed by atoms with van der Waals surface area (Å²) in [5, 5.41) is 7.77. The standard InChI is InChI=1S/C15H12ClFN4OS/c1-2-20-8-11(16)12(19-20)7-13-14(22)21(15(23)18-13)10-5-3-9(17)4-6-10/h3-8H,2H2,1H3,(H,18,23)/b13-7+. The average Bonchev–Trinajstić information content (AvgIpc) is 3.01. The minimum Gasteiger partial charge on any atom is -0.327 e. The number of hydrogen-bond acceptors (Lipinski definition) is 3. The Bertz CT molecular complexity index is 815. The lowest BCUT2D eigenvalue weighted by atomic mass is 10.2. The van der Waals surface area contributed by atoms with E-state index in [9.17, 15) is 9.18 Å². The zero-order valence-electron chi connectivity index (χ0n) is 12.1. The molecule has 0 radical (unpaired) electrons. The molecule has 1 N–H and O–H groups in total. The highest BCUT2D eigenvalue weighted by molar-refractivity contribution is 7.80. The fourth-order valence-electron chi connectivity index (χ4n) is 2.17. The topological polar surface area (TPSA) is 50.2 Å². The van der Waals surface area contributed by atoms with Gasteiger partial charge in [0.15, 0.2) is 5.11 Å². The van der Waals surface area contributed by atoms with Gasteiger partial charge in [-0.05, 0) is 49.5 Å². The molecule has 1 aromatic carbocycles. The van der Waals surface area contributed by atoms with Crippen molar-refractivity contribution in [1.82, 2.24) is 15.1 Å². The van der Waals surface area contributed by atoms with E-state index in [1.807, 2.05) is 6.92 Å². The van der Waals surface area contributed by atoms with E-state index < -0.39 is 0 Å². The number of anilines is 1. The second-order valence-corrected chi connectivity index (χ2v) is 5.62. The zero-order valence-corrected chi connectivity index (χ0v) is 13.7. The Kier molecular flexibility index (Phi) is 4.14. The Labute approximate surface area is 142 Å². The first-order valence-electron chi connectivity index (χ1n) is 6.85. The van der Waals surface area contributed by atoms with Crippen LogP contribution in [0, 0.1) is 5.82 Å². The summed E-state index contributed by atoms with van der Waals surface area (Å²) >= 11 is 11.3. The smallest absolute Gasteiger partial charge is 0.281 e. The Morgan fingerprint density at radius 2 is 2.09 bits per heavy atom. The van der Waals surface area contributed by atoms with Gasteiger partial charge in [-0.15, -0.1) is 0 Å². The molecule has 1 aliphatic rings. The van der Waals surface area contributed by atoms with Crippen molar-refractivity contribution in [2.75, 3.05) is 4.90 Å². The predicted molar refractivity (Wildman–Crippen MR) is 90.5 cm³/mol. The number of aryl methyl sites for hydroxylation is 1. The van der Waals surface area contributed by atoms with Gasteiger partial charge in [0.2, 0.25) is 0 Å². The first-order valence-corrected chi connectivity index (χ1v) is 7.64. The second-order valence-electron chi connectivity index (χ2n) is 4.82. The molecule has 2 heterocycles. The van der Waals surface area contributed by atoms with Crippen LogP contribution in [0.5, 0.6) is 0 Å². The third-order valence-electron chi connectivity index (χ3n) is 3.31. The van der Waals surface area contributed by atoms with Crippen LogP contribution in [-0.4, -0.2) is 20.8 Å². The van der Waals surface area contributed by atoms with Crippen LogP contribution >= 0.6 is 23.8 Å². The number of halogens is 2. The van der Waals surface area contributed by atoms with E-state index >= 15 is 0 Å². The van der Waals surface area contributed by atoms with Gasteiger partial charge in [-0.25, -0.2) is 4.39 Å². The van der Waals surface area contributed by atoms with Crippen molar-refractivity contribution in [2.24, 2.45) is 0 Å². The van der Waals surface area contributed by atoms with E-state index in [4.69, 9.17) is 23.8 Å². The Morgan fingerprint density at radius 1 is 1.39 bits per heavy atom. The van der Waals surface area contributed by atoms with Crippen LogP contribution in [0.15, 0.2) is 36.2 Å². The van der Waals surface area contributed by atoms with Crippen molar-refractivity contribution in [3.8, 4) is 0 Å². The molecule has 1 aliphatic heterocycles. The molecule has 23 heavy (non-hydrogen) atoms. The normalized spacial score (nSPS) is 16.3. The van der Waals surface area contributed by atoms with Gasteiger partial charge < -0.3 is 5.32 Å². The molecule has 0 atom stereocenters. The van der Waals surface area contributed by atoms with Crippen LogP contribution < -0.4 is 10.2 Å². The highest BCUT2D eigenvalue weighted by Crippen LogP contribution is 2.24. The summed E-state index contributed by atoms with van der Waals surface area (Å²) in [4.78, 5) is 13.8. The molecule has 1 amide bonds. The molecular weight excluding hydrogens is 339 g/mol. The molecule has 2 aromatic rings. The van der Waals surface area contributed by atoms with E-state index in [0.717, 1.165) is 0 Å². The molecule has 8 heteroatoms. The van der Waals surface area contributed by atoms with Crippen LogP contribution in [-0.2, 0) is 11.3 Å². The first kappa shape index (κ1) is 15.6. The maximum Gasteiger partial charge on any atom is 0.281 e. The molecule has 0 unspecified atom stereocenters. The molecule has 3 rings (SSSR count). The van der Waals surface area contributed by atoms with Gasteiger partial charge in [-0.2, -0.15) is 5.10 Å². The maximum atomic E-state index is 13.0. The van der Waals surface area contributed by atoms with Gasteiger partial charge in [0.1, 0.15) is 17.2 Å². The third kappa shape index (κ3) is 2.97. The summed E-state index contributed by atoms with van der Waals surface area (Å²) in [6.07, 6.45) is 3.23. The largest absolute Gasteiger partial charge is 0.327 e. The molecule has 0 aliphatic carbocycles. The van der Waals surface area contributed by atoms with Gasteiger partial charge in [-0.1, -0.05) is 11.6 Å². The number of hydrogen-bond donors (Lipinski definition) is 1. The predicted octanol–water partition coefficient (Wildman–Crippen LogP) is 2.96. The van der Waals surface area contributed by atoms with Gasteiger partial charge in [0, 0.05) is 12.7 Å². The minimum absolute atomic E-state index is 0.221. The molecule has 0 spiro atoms. The highest BCUT2D eigenvalue weighted by Gasteiger charge is 2.32. The number of aromatic nitrogens is 2. The summed E-state index contributed by atoms with van der Waals surface area (Å²) in [5.41, 5.74) is 1.23. The zero-order chi connectivity index (χ0) is 16.6. The average molecular weight is 351 g/mol. The van der Waals surface area contributed by atoms with Crippen molar-refractivity contribution >= 4 is 46.6 Å². The molecule has 5 nitrogen and oxygen atoms in total. The summed E-state index contributed by atoms with van der Waals surface area (Å²) < 4.78 is 14.7. The Hall–Kier alpha value is -2.25. The molecule has 118 valence electrons. The number of benzene rings is 1. The van der Waals surface area contributed by atoms with E-state index in [0.29, 0.717) is 22.9 Å². The summed E-state index contributed by atoms with van der Waals surface area (Å²) in [6, 6.07) is 5.52. The molecular formula is C15H12ClFN4OS. The van der Waals surface area contributed by atoms with Gasteiger partial charge in [0.25, 0.3) is 5.91 Å². The lowest BCUT2D eigenvalue weighted by molar-refractivity contribution is -0.113. The molecule has 0 bridgehead atoms. The molecule has 1 fully saturated rings. The van der Waals surface area contributed by atoms with Crippen LogP contribution in [0.3, 0.4) is 0 Å². The quantitative estimate of drug-likeness (QED) is 0.683. The molecule has 0 saturated carbocycles. The summed E-state index contributed by atoms with van der Waals surface area (Å²) in [7, 11) is 0. The van der Waals surface area contributed by atoms with Crippen molar-refractivity contribution in [2.45, 2.75) is 13.5 Å². The number of nitrogens with zero attached hydrogens (tertiary/aromatic N) is 3. The van der Waals surface area contributed by atoms with E-state index in [2.05, 4.69) is 10.4 Å². The number of nitrogens with one attached hydrogen (secondary N) is 1. The Morgan fingerprint density at radius 3 is 2.70 bits per heavy atom. The maximum absolute atomic E-state index is 13.0. The van der Waals surface area contributed by atoms with Crippen LogP contribution in [0.1, 0.15) is 12.6 Å². The van der Waals surface area contributed by atoms with Crippen molar-refractivity contribution in [3.63, 3.8) is 0 Å². The minimum atomic E-state index is -0.382. The SMILES string of the molecule is CCn1cc(Cl)c(/C=C2/NC(=S)N(c3ccc(F)cc3)C2=O)n1. The molecule has 1 saturated heterocycles. The number of rotatable bonds is 3. The van der Waals surface area contributed by atoms with Crippen molar-refractivity contribution in [1.29, 1.82) is 0 Å². The number of carbonyl (C=O) groups is 1. The van der Waals surface area contributed by atoms with Gasteiger partial charge in [0.05, 0.1) is 10.7 Å². The summed E-state index contributed by atoms with van der Waals surface area (Å²) in [5.74, 6) is -0.726. The fraction of sp³-hybridized carbons (Fsp3) is 0.133. The highest BCUT2D eigenvalue weighted by atomic mass is 35.5. The summed E-state index contributed by atoms with van der Waals surface area (Å²) in [6.45, 7) is 2.61. The first-order chi connectivity index (χ1) is 11.0. The van der Waals surface area contributed by atoms with Gasteiger partial charge in [-0.3, -0.25) is 14.4 Å². The fourth-order valence-corrected chi connectivity index (χ4v) is 2.67. The van der Waals surface area contributed by atoms with E-state index in [1.165, 1.54) is 29.2 Å².